The molecule has 1 amide bonds. The highest BCUT2D eigenvalue weighted by Gasteiger charge is 2.28. The molecule has 4 nitrogen and oxygen atoms in total. The molecule has 0 aromatic heterocycles. The predicted molar refractivity (Wildman–Crippen MR) is 78.5 cm³/mol. The minimum atomic E-state index is -0.534. The van der Waals surface area contributed by atoms with Gasteiger partial charge in [0, 0.05) is 17.6 Å². The predicted octanol–water partition coefficient (Wildman–Crippen LogP) is 3.99. The first kappa shape index (κ1) is 15.3. The first-order chi connectivity index (χ1) is 9.19. The van der Waals surface area contributed by atoms with Gasteiger partial charge in [-0.1, -0.05) is 23.2 Å². The highest BCUT2D eigenvalue weighted by atomic mass is 35.5. The van der Waals surface area contributed by atoms with Crippen molar-refractivity contribution in [2.24, 2.45) is 0 Å². The van der Waals surface area contributed by atoms with Crippen molar-refractivity contribution in [3.63, 3.8) is 0 Å². The number of halogens is 2. The van der Waals surface area contributed by atoms with Crippen LogP contribution in [0.4, 0.5) is 4.79 Å². The molecule has 1 aromatic carbocycles. The number of carbonyl (C=O) groups is 1. The Kier molecular flexibility index (Phi) is 4.07. The van der Waals surface area contributed by atoms with Crippen molar-refractivity contribution in [3.8, 4) is 5.75 Å². The Morgan fingerprint density at radius 3 is 2.60 bits per heavy atom. The van der Waals surface area contributed by atoms with Crippen LogP contribution in [0, 0.1) is 0 Å². The van der Waals surface area contributed by atoms with Crippen LogP contribution < -0.4 is 0 Å². The average molecular weight is 318 g/mol. The molecule has 0 fully saturated rings. The minimum absolute atomic E-state index is 0.0267. The van der Waals surface area contributed by atoms with Crippen molar-refractivity contribution in [2.75, 3.05) is 6.54 Å². The Bertz CT molecular complexity index is 552. The number of hydrogen-bond acceptors (Lipinski definition) is 3. The Balaban J connectivity index is 2.24. The molecule has 1 N–H and O–H groups in total. The lowest BCUT2D eigenvalue weighted by molar-refractivity contribution is 0.0224. The van der Waals surface area contributed by atoms with Crippen LogP contribution >= 0.6 is 23.2 Å². The Labute approximate surface area is 128 Å². The number of amides is 1. The molecule has 0 unspecified atom stereocenters. The maximum atomic E-state index is 12.1. The topological polar surface area (TPSA) is 49.8 Å². The summed E-state index contributed by atoms with van der Waals surface area (Å²) < 4.78 is 5.35. The van der Waals surface area contributed by atoms with Gasteiger partial charge in [0.15, 0.2) is 0 Å². The summed E-state index contributed by atoms with van der Waals surface area (Å²) in [6.45, 7) is 6.30. The summed E-state index contributed by atoms with van der Waals surface area (Å²) in [5.41, 5.74) is 1.04. The van der Waals surface area contributed by atoms with Crippen molar-refractivity contribution in [1.29, 1.82) is 0 Å². The number of rotatable bonds is 0. The zero-order valence-corrected chi connectivity index (χ0v) is 13.2. The average Bonchev–Trinajstić information content (AvgIpc) is 2.33. The molecule has 0 radical (unpaired) electrons. The third-order valence-electron chi connectivity index (χ3n) is 3.04. The van der Waals surface area contributed by atoms with Gasteiger partial charge in [-0.3, -0.25) is 0 Å². The van der Waals surface area contributed by atoms with E-state index in [1.54, 1.807) is 4.90 Å². The number of ether oxygens (including phenoxy) is 1. The van der Waals surface area contributed by atoms with Crippen LogP contribution in [0.25, 0.3) is 0 Å². The van der Waals surface area contributed by atoms with E-state index < -0.39 is 5.60 Å². The number of phenolic OH excluding ortho intramolecular Hbond substituents is 1. The zero-order valence-electron chi connectivity index (χ0n) is 11.7. The number of aromatic hydroxyl groups is 1. The van der Waals surface area contributed by atoms with E-state index in [0.29, 0.717) is 29.6 Å². The number of phenols is 1. The summed E-state index contributed by atoms with van der Waals surface area (Å²) >= 11 is 12.2. The van der Waals surface area contributed by atoms with Crippen molar-refractivity contribution in [3.05, 3.63) is 27.2 Å². The van der Waals surface area contributed by atoms with E-state index in [0.717, 1.165) is 11.1 Å². The van der Waals surface area contributed by atoms with E-state index in [-0.39, 0.29) is 11.8 Å². The first-order valence-corrected chi connectivity index (χ1v) is 7.11. The Morgan fingerprint density at radius 2 is 2.00 bits per heavy atom. The highest BCUT2D eigenvalue weighted by Crippen LogP contribution is 2.38. The molecule has 0 spiro atoms. The normalized spacial score (nSPS) is 14.9. The monoisotopic (exact) mass is 317 g/mol. The molecule has 2 rings (SSSR count). The summed E-state index contributed by atoms with van der Waals surface area (Å²) in [6, 6.07) is 1.40. The number of fused-ring (bicyclic) bond motifs is 1. The Hall–Kier alpha value is -1.13. The maximum absolute atomic E-state index is 12.1. The maximum Gasteiger partial charge on any atom is 0.410 e. The van der Waals surface area contributed by atoms with Crippen molar-refractivity contribution in [1.82, 2.24) is 4.90 Å². The van der Waals surface area contributed by atoms with Crippen LogP contribution in [0.15, 0.2) is 6.07 Å². The van der Waals surface area contributed by atoms with Crippen LogP contribution in [0.3, 0.4) is 0 Å². The third-order valence-corrected chi connectivity index (χ3v) is 3.80. The molecule has 1 heterocycles. The lowest BCUT2D eigenvalue weighted by Crippen LogP contribution is -2.40. The van der Waals surface area contributed by atoms with E-state index >= 15 is 0 Å². The van der Waals surface area contributed by atoms with Gasteiger partial charge in [0.25, 0.3) is 0 Å². The van der Waals surface area contributed by atoms with E-state index in [2.05, 4.69) is 0 Å². The van der Waals surface area contributed by atoms with Gasteiger partial charge in [-0.15, -0.1) is 0 Å². The minimum Gasteiger partial charge on any atom is -0.506 e. The van der Waals surface area contributed by atoms with Gasteiger partial charge in [-0.05, 0) is 38.3 Å². The number of hydrogen-bond donors (Lipinski definition) is 1. The summed E-state index contributed by atoms with van der Waals surface area (Å²) in [4.78, 5) is 13.7. The van der Waals surface area contributed by atoms with Gasteiger partial charge in [0.05, 0.1) is 11.6 Å². The van der Waals surface area contributed by atoms with E-state index in [9.17, 15) is 9.90 Å². The SMILES string of the molecule is CC(C)(C)OC(=O)N1CCc2c(Cl)c(O)cc(Cl)c2C1. The summed E-state index contributed by atoms with van der Waals surface area (Å²) in [6.07, 6.45) is 0.171. The van der Waals surface area contributed by atoms with Crippen LogP contribution in [-0.4, -0.2) is 28.2 Å². The fraction of sp³-hybridized carbons (Fsp3) is 0.500. The van der Waals surface area contributed by atoms with E-state index in [1.165, 1.54) is 6.07 Å². The number of nitrogens with zero attached hydrogens (tertiary/aromatic N) is 1. The summed E-state index contributed by atoms with van der Waals surface area (Å²) in [7, 11) is 0. The molecule has 0 saturated carbocycles. The molecule has 6 heteroatoms. The van der Waals surface area contributed by atoms with Gasteiger partial charge < -0.3 is 14.7 Å². The van der Waals surface area contributed by atoms with Gasteiger partial charge in [0.1, 0.15) is 11.4 Å². The molecular weight excluding hydrogens is 301 g/mol. The third kappa shape index (κ3) is 3.13. The smallest absolute Gasteiger partial charge is 0.410 e. The molecule has 0 aliphatic carbocycles. The van der Waals surface area contributed by atoms with Crippen LogP contribution in [0.1, 0.15) is 31.9 Å². The lowest BCUT2D eigenvalue weighted by Gasteiger charge is -2.32. The molecule has 110 valence electrons. The summed E-state index contributed by atoms with van der Waals surface area (Å²) in [5.74, 6) is -0.0267. The largest absolute Gasteiger partial charge is 0.506 e. The number of benzene rings is 1. The van der Waals surface area contributed by atoms with Gasteiger partial charge in [-0.25, -0.2) is 4.79 Å². The molecule has 0 saturated heterocycles. The highest BCUT2D eigenvalue weighted by molar-refractivity contribution is 6.35. The molecule has 1 aliphatic rings. The quantitative estimate of drug-likeness (QED) is 0.787. The van der Waals surface area contributed by atoms with Gasteiger partial charge in [-0.2, -0.15) is 0 Å². The van der Waals surface area contributed by atoms with E-state index in [1.807, 2.05) is 20.8 Å². The van der Waals surface area contributed by atoms with Crippen LogP contribution in [0.2, 0.25) is 10.0 Å². The molecule has 1 aliphatic heterocycles. The second kappa shape index (κ2) is 5.34. The van der Waals surface area contributed by atoms with Crippen molar-refractivity contribution < 1.29 is 14.6 Å². The van der Waals surface area contributed by atoms with Gasteiger partial charge >= 0.3 is 6.09 Å². The van der Waals surface area contributed by atoms with Gasteiger partial charge in [0.2, 0.25) is 0 Å². The molecule has 0 bridgehead atoms. The summed E-state index contributed by atoms with van der Waals surface area (Å²) in [5, 5.41) is 10.4. The first-order valence-electron chi connectivity index (χ1n) is 6.35. The second-order valence-corrected chi connectivity index (χ2v) is 6.59. The van der Waals surface area contributed by atoms with E-state index in [4.69, 9.17) is 27.9 Å². The van der Waals surface area contributed by atoms with Crippen molar-refractivity contribution in [2.45, 2.75) is 39.3 Å². The number of carbonyl (C=O) groups excluding carboxylic acids is 1. The van der Waals surface area contributed by atoms with Crippen molar-refractivity contribution >= 4 is 29.3 Å². The fourth-order valence-corrected chi connectivity index (χ4v) is 2.67. The Morgan fingerprint density at radius 1 is 1.35 bits per heavy atom. The fourth-order valence-electron chi connectivity index (χ4n) is 2.13. The molecule has 0 atom stereocenters. The zero-order chi connectivity index (χ0) is 15.1. The molecule has 20 heavy (non-hydrogen) atoms. The molecular formula is C14H17Cl2NO3. The van der Waals surface area contributed by atoms with Crippen LogP contribution in [0.5, 0.6) is 5.75 Å². The second-order valence-electron chi connectivity index (χ2n) is 5.80. The standard InChI is InChI=1S/C14H17Cl2NO3/c1-14(2,3)20-13(19)17-5-4-8-9(7-17)10(15)6-11(18)12(8)16/h6,18H,4-5,7H2,1-3H3. The lowest BCUT2D eigenvalue weighted by atomic mass is 9.99. The van der Waals surface area contributed by atoms with Crippen LogP contribution in [-0.2, 0) is 17.7 Å². The molecule has 1 aromatic rings.